The first-order valence-electron chi connectivity index (χ1n) is 18.1. The van der Waals surface area contributed by atoms with Crippen LogP contribution in [0.2, 0.25) is 0 Å². The highest BCUT2D eigenvalue weighted by molar-refractivity contribution is 6.07. The summed E-state index contributed by atoms with van der Waals surface area (Å²) in [5.74, 6) is 0.606. The second-order valence-corrected chi connectivity index (χ2v) is 14.8. The van der Waals surface area contributed by atoms with Gasteiger partial charge in [-0.1, -0.05) is 167 Å². The lowest BCUT2D eigenvalue weighted by Crippen LogP contribution is -2.15. The van der Waals surface area contributed by atoms with Crippen molar-refractivity contribution in [1.82, 2.24) is 0 Å². The molecule has 0 aromatic heterocycles. The maximum atomic E-state index is 2.54. The van der Waals surface area contributed by atoms with Crippen LogP contribution in [0.5, 0.6) is 0 Å². The van der Waals surface area contributed by atoms with Gasteiger partial charge >= 0.3 is 0 Å². The van der Waals surface area contributed by atoms with E-state index in [-0.39, 0.29) is 5.41 Å². The van der Waals surface area contributed by atoms with Crippen molar-refractivity contribution in [1.29, 1.82) is 0 Å². The van der Waals surface area contributed by atoms with Gasteiger partial charge < -0.3 is 4.90 Å². The number of para-hydroxylation sites is 1. The van der Waals surface area contributed by atoms with Gasteiger partial charge in [-0.25, -0.2) is 0 Å². The van der Waals surface area contributed by atoms with Crippen LogP contribution in [0, 0.1) is 0 Å². The normalized spacial score (nSPS) is 13.9. The Morgan fingerprint density at radius 3 is 1.92 bits per heavy atom. The summed E-state index contributed by atoms with van der Waals surface area (Å²) in [5.41, 5.74) is 11.4. The first-order chi connectivity index (χ1) is 24.0. The molecule has 1 nitrogen and oxygen atoms in total. The van der Waals surface area contributed by atoms with Gasteiger partial charge in [0.05, 0.1) is 17.1 Å². The standard InChI is InChI=1S/C48H45N/c1-48(2,3)38-31-32-46(43(33-38)36-19-8-5-9-20-36)49(44-30-16-22-34-21-10-11-25-39(34)44)45-29-13-12-26-41(45)42-28-15-24-37-23-14-27-40(47(37)42)35-17-6-4-7-18-35/h5,8-16,19-33,35H,4,6-7,17-18H2,1-3H3. The lowest BCUT2D eigenvalue weighted by atomic mass is 9.80. The Bertz CT molecular complexity index is 2240. The first-order valence-corrected chi connectivity index (χ1v) is 18.1. The van der Waals surface area contributed by atoms with Crippen molar-refractivity contribution >= 4 is 38.6 Å². The second kappa shape index (κ2) is 13.1. The predicted octanol–water partition coefficient (Wildman–Crippen LogP) is 14.1. The minimum atomic E-state index is 0.0166. The number of hydrogen-bond acceptors (Lipinski definition) is 1. The SMILES string of the molecule is CC(C)(C)c1ccc(N(c2ccccc2-c2cccc3cccc(C4CCCCC4)c23)c2cccc3ccccc23)c(-c2ccccc2)c1. The Hall–Kier alpha value is -5.14. The minimum Gasteiger partial charge on any atom is -0.309 e. The van der Waals surface area contributed by atoms with Gasteiger partial charge in [-0.05, 0) is 86.9 Å². The van der Waals surface area contributed by atoms with Gasteiger partial charge in [0.2, 0.25) is 0 Å². The molecule has 0 spiro atoms. The van der Waals surface area contributed by atoms with Gasteiger partial charge in [-0.15, -0.1) is 0 Å². The monoisotopic (exact) mass is 635 g/mol. The van der Waals surface area contributed by atoms with E-state index in [2.05, 4.69) is 177 Å². The lowest BCUT2D eigenvalue weighted by Gasteiger charge is -2.32. The topological polar surface area (TPSA) is 3.24 Å². The summed E-state index contributed by atoms with van der Waals surface area (Å²) >= 11 is 0. The molecule has 7 aromatic carbocycles. The maximum absolute atomic E-state index is 2.54. The van der Waals surface area contributed by atoms with Crippen molar-refractivity contribution in [2.45, 2.75) is 64.2 Å². The predicted molar refractivity (Wildman–Crippen MR) is 212 cm³/mol. The maximum Gasteiger partial charge on any atom is 0.0540 e. The molecular weight excluding hydrogens is 591 g/mol. The molecule has 0 N–H and O–H groups in total. The van der Waals surface area contributed by atoms with E-state index < -0.39 is 0 Å². The average Bonchev–Trinajstić information content (AvgIpc) is 3.15. The number of benzene rings is 7. The van der Waals surface area contributed by atoms with Crippen LogP contribution in [0.1, 0.15) is 69.9 Å². The Morgan fingerprint density at radius 2 is 1.10 bits per heavy atom. The van der Waals surface area contributed by atoms with Gasteiger partial charge in [0.25, 0.3) is 0 Å². The Balaban J connectivity index is 1.44. The molecule has 0 unspecified atom stereocenters. The van der Waals surface area contributed by atoms with Crippen molar-refractivity contribution in [3.63, 3.8) is 0 Å². The van der Waals surface area contributed by atoms with E-state index in [0.717, 1.165) is 0 Å². The zero-order valence-electron chi connectivity index (χ0n) is 29.0. The fraction of sp³-hybridized carbons (Fsp3) is 0.208. The Labute approximate surface area is 291 Å². The minimum absolute atomic E-state index is 0.0166. The molecule has 1 heteroatoms. The highest BCUT2D eigenvalue weighted by Gasteiger charge is 2.26. The molecular formula is C48H45N. The summed E-state index contributed by atoms with van der Waals surface area (Å²) in [6.45, 7) is 6.91. The first kappa shape index (κ1) is 31.1. The van der Waals surface area contributed by atoms with E-state index in [4.69, 9.17) is 0 Å². The largest absolute Gasteiger partial charge is 0.309 e. The van der Waals surface area contributed by atoms with Gasteiger partial charge in [-0.2, -0.15) is 0 Å². The Kier molecular flexibility index (Phi) is 8.30. The number of fused-ring (bicyclic) bond motifs is 2. The molecule has 0 heterocycles. The number of hydrogen-bond donors (Lipinski definition) is 0. The number of anilines is 3. The summed E-state index contributed by atoms with van der Waals surface area (Å²) in [5, 5.41) is 5.21. The second-order valence-electron chi connectivity index (χ2n) is 14.8. The molecule has 0 radical (unpaired) electrons. The summed E-state index contributed by atoms with van der Waals surface area (Å²) < 4.78 is 0. The van der Waals surface area contributed by atoms with Crippen LogP contribution in [0.25, 0.3) is 43.8 Å². The van der Waals surface area contributed by atoms with E-state index in [9.17, 15) is 0 Å². The van der Waals surface area contributed by atoms with E-state index >= 15 is 0 Å². The molecule has 7 aromatic rings. The third kappa shape index (κ3) is 5.93. The van der Waals surface area contributed by atoms with Crippen LogP contribution < -0.4 is 4.90 Å². The molecule has 1 aliphatic rings. The summed E-state index contributed by atoms with van der Waals surface area (Å²) in [6.07, 6.45) is 6.55. The van der Waals surface area contributed by atoms with Crippen molar-refractivity contribution in [2.24, 2.45) is 0 Å². The van der Waals surface area contributed by atoms with E-state index in [0.29, 0.717) is 5.92 Å². The van der Waals surface area contributed by atoms with Gasteiger partial charge in [0.1, 0.15) is 0 Å². The summed E-state index contributed by atoms with van der Waals surface area (Å²) in [6, 6.07) is 56.5. The Morgan fingerprint density at radius 1 is 0.490 bits per heavy atom. The molecule has 0 saturated heterocycles. The van der Waals surface area contributed by atoms with Crippen LogP contribution >= 0.6 is 0 Å². The molecule has 1 saturated carbocycles. The van der Waals surface area contributed by atoms with Crippen molar-refractivity contribution in [2.75, 3.05) is 4.90 Å². The summed E-state index contributed by atoms with van der Waals surface area (Å²) in [7, 11) is 0. The number of nitrogens with zero attached hydrogens (tertiary/aromatic N) is 1. The zero-order chi connectivity index (χ0) is 33.4. The molecule has 0 bridgehead atoms. The van der Waals surface area contributed by atoms with E-state index in [1.54, 1.807) is 0 Å². The molecule has 0 aliphatic heterocycles. The van der Waals surface area contributed by atoms with Crippen LogP contribution in [0.15, 0.2) is 152 Å². The van der Waals surface area contributed by atoms with Gasteiger partial charge in [0, 0.05) is 16.5 Å². The van der Waals surface area contributed by atoms with Crippen molar-refractivity contribution in [3.05, 3.63) is 163 Å². The fourth-order valence-electron chi connectivity index (χ4n) is 8.08. The van der Waals surface area contributed by atoms with Crippen molar-refractivity contribution < 1.29 is 0 Å². The van der Waals surface area contributed by atoms with E-state index in [1.807, 2.05) is 0 Å². The van der Waals surface area contributed by atoms with Crippen molar-refractivity contribution in [3.8, 4) is 22.3 Å². The fourth-order valence-corrected chi connectivity index (χ4v) is 8.08. The highest BCUT2D eigenvalue weighted by Crippen LogP contribution is 2.49. The number of rotatable bonds is 6. The van der Waals surface area contributed by atoms with Crippen LogP contribution in [0.4, 0.5) is 17.1 Å². The molecule has 242 valence electrons. The molecule has 49 heavy (non-hydrogen) atoms. The van der Waals surface area contributed by atoms with Crippen LogP contribution in [-0.2, 0) is 5.41 Å². The van der Waals surface area contributed by atoms with E-state index in [1.165, 1.54) is 104 Å². The van der Waals surface area contributed by atoms with Gasteiger partial charge in [0.15, 0.2) is 0 Å². The molecule has 0 amide bonds. The molecule has 1 fully saturated rings. The average molecular weight is 636 g/mol. The third-order valence-electron chi connectivity index (χ3n) is 10.6. The quantitative estimate of drug-likeness (QED) is 0.176. The lowest BCUT2D eigenvalue weighted by molar-refractivity contribution is 0.445. The molecule has 0 atom stereocenters. The zero-order valence-corrected chi connectivity index (χ0v) is 29.0. The molecule has 8 rings (SSSR count). The van der Waals surface area contributed by atoms with Gasteiger partial charge in [-0.3, -0.25) is 0 Å². The van der Waals surface area contributed by atoms with Crippen LogP contribution in [0.3, 0.4) is 0 Å². The smallest absolute Gasteiger partial charge is 0.0540 e. The molecule has 1 aliphatic carbocycles. The highest BCUT2D eigenvalue weighted by atomic mass is 15.1. The third-order valence-corrected chi connectivity index (χ3v) is 10.6. The summed E-state index contributed by atoms with van der Waals surface area (Å²) in [4.78, 5) is 2.54. The van der Waals surface area contributed by atoms with Crippen LogP contribution in [-0.4, -0.2) is 0 Å².